The number of likely N-dealkylation sites (N-methyl/N-ethyl adjacent to an activating group) is 1. The highest BCUT2D eigenvalue weighted by atomic mass is 15.1. The summed E-state index contributed by atoms with van der Waals surface area (Å²) in [6.07, 6.45) is 0. The molecule has 2 nitrogen and oxygen atoms in total. The van der Waals surface area contributed by atoms with Crippen LogP contribution >= 0.6 is 0 Å². The topological polar surface area (TPSA) is 15.3 Å². The maximum absolute atomic E-state index is 4.14. The summed E-state index contributed by atoms with van der Waals surface area (Å²) in [4.78, 5) is 2.23. The van der Waals surface area contributed by atoms with Gasteiger partial charge in [-0.2, -0.15) is 0 Å². The molecule has 0 aromatic heterocycles. The zero-order valence-electron chi connectivity index (χ0n) is 12.4. The van der Waals surface area contributed by atoms with Crippen LogP contribution in [0.2, 0.25) is 0 Å². The van der Waals surface area contributed by atoms with Crippen molar-refractivity contribution in [3.8, 4) is 0 Å². The predicted molar refractivity (Wildman–Crippen MR) is 81.3 cm³/mol. The Morgan fingerprint density at radius 1 is 1.22 bits per heavy atom. The van der Waals surface area contributed by atoms with Gasteiger partial charge in [-0.3, -0.25) is 0 Å². The van der Waals surface area contributed by atoms with Crippen LogP contribution in [0.4, 0.5) is 5.69 Å². The third-order valence-electron chi connectivity index (χ3n) is 2.80. The fraction of sp³-hybridized carbons (Fsp3) is 0.500. The Kier molecular flexibility index (Phi) is 4.97. The van der Waals surface area contributed by atoms with Gasteiger partial charge in [-0.1, -0.05) is 24.3 Å². The maximum Gasteiger partial charge on any atom is 0.0395 e. The van der Waals surface area contributed by atoms with Crippen LogP contribution < -0.4 is 10.2 Å². The largest absolute Gasteiger partial charge is 0.371 e. The molecule has 1 aromatic rings. The molecule has 0 saturated heterocycles. The van der Waals surface area contributed by atoms with Crippen molar-refractivity contribution >= 4 is 5.69 Å². The van der Waals surface area contributed by atoms with Gasteiger partial charge < -0.3 is 10.2 Å². The van der Waals surface area contributed by atoms with E-state index in [4.69, 9.17) is 0 Å². The lowest BCUT2D eigenvalue weighted by Gasteiger charge is -2.25. The van der Waals surface area contributed by atoms with Crippen LogP contribution in [0.1, 0.15) is 26.3 Å². The second kappa shape index (κ2) is 6.05. The van der Waals surface area contributed by atoms with E-state index in [-0.39, 0.29) is 5.54 Å². The Balaban J connectivity index is 2.47. The second-order valence-corrected chi connectivity index (χ2v) is 6.05. The van der Waals surface area contributed by atoms with Crippen LogP contribution in [-0.2, 0) is 0 Å². The van der Waals surface area contributed by atoms with E-state index in [0.717, 1.165) is 13.1 Å². The summed E-state index contributed by atoms with van der Waals surface area (Å²) in [5.74, 6) is 0. The Morgan fingerprint density at radius 2 is 1.78 bits per heavy atom. The van der Waals surface area contributed by atoms with Crippen molar-refractivity contribution in [1.82, 2.24) is 5.32 Å². The van der Waals surface area contributed by atoms with Gasteiger partial charge in [-0.05, 0) is 45.4 Å². The van der Waals surface area contributed by atoms with E-state index >= 15 is 0 Å². The van der Waals surface area contributed by atoms with Crippen LogP contribution in [0.5, 0.6) is 0 Å². The van der Waals surface area contributed by atoms with Crippen molar-refractivity contribution in [3.63, 3.8) is 0 Å². The van der Waals surface area contributed by atoms with Crippen molar-refractivity contribution in [1.29, 1.82) is 0 Å². The van der Waals surface area contributed by atoms with Gasteiger partial charge in [0.25, 0.3) is 0 Å². The van der Waals surface area contributed by atoms with Crippen LogP contribution in [0.3, 0.4) is 0 Å². The molecule has 0 fully saturated rings. The Hall–Kier alpha value is -1.28. The third-order valence-corrected chi connectivity index (χ3v) is 2.80. The Bertz CT molecular complexity index is 385. The Labute approximate surface area is 112 Å². The van der Waals surface area contributed by atoms with Gasteiger partial charge in [0, 0.05) is 31.4 Å². The molecule has 0 aliphatic heterocycles. The summed E-state index contributed by atoms with van der Waals surface area (Å²) < 4.78 is 0. The molecular weight excluding hydrogens is 220 g/mol. The molecule has 0 amide bonds. The minimum Gasteiger partial charge on any atom is -0.371 e. The highest BCUT2D eigenvalue weighted by Crippen LogP contribution is 2.14. The quantitative estimate of drug-likeness (QED) is 0.801. The minimum absolute atomic E-state index is 0.144. The van der Waals surface area contributed by atoms with E-state index in [1.54, 1.807) is 0 Å². The van der Waals surface area contributed by atoms with Gasteiger partial charge in [-0.25, -0.2) is 0 Å². The molecule has 0 atom stereocenters. The van der Waals surface area contributed by atoms with E-state index in [1.807, 2.05) is 0 Å². The van der Waals surface area contributed by atoms with Gasteiger partial charge in [0.2, 0.25) is 0 Å². The molecule has 18 heavy (non-hydrogen) atoms. The fourth-order valence-electron chi connectivity index (χ4n) is 1.67. The first-order valence-electron chi connectivity index (χ1n) is 6.47. The summed E-state index contributed by atoms with van der Waals surface area (Å²) in [6, 6.07) is 8.59. The van der Waals surface area contributed by atoms with Gasteiger partial charge in [0.05, 0.1) is 0 Å². The summed E-state index contributed by atoms with van der Waals surface area (Å²) >= 11 is 0. The normalized spacial score (nSPS) is 11.4. The highest BCUT2D eigenvalue weighted by Gasteiger charge is 2.09. The van der Waals surface area contributed by atoms with Crippen LogP contribution in [0.25, 0.3) is 0 Å². The average Bonchev–Trinajstić information content (AvgIpc) is 2.26. The van der Waals surface area contributed by atoms with Crippen LogP contribution in [-0.4, -0.2) is 25.7 Å². The van der Waals surface area contributed by atoms with Gasteiger partial charge >= 0.3 is 0 Å². The van der Waals surface area contributed by atoms with E-state index in [1.165, 1.54) is 16.8 Å². The van der Waals surface area contributed by atoms with Crippen molar-refractivity contribution < 1.29 is 0 Å². The summed E-state index contributed by atoms with van der Waals surface area (Å²) in [6.45, 7) is 14.5. The van der Waals surface area contributed by atoms with Crippen LogP contribution in [0.15, 0.2) is 36.4 Å². The van der Waals surface area contributed by atoms with E-state index in [2.05, 4.69) is 75.8 Å². The molecule has 0 aliphatic carbocycles. The first kappa shape index (κ1) is 14.8. The molecule has 0 spiro atoms. The first-order chi connectivity index (χ1) is 8.28. The van der Waals surface area contributed by atoms with Crippen molar-refractivity contribution in [2.24, 2.45) is 0 Å². The number of nitrogens with zero attached hydrogens (tertiary/aromatic N) is 1. The average molecular weight is 246 g/mol. The fourth-order valence-corrected chi connectivity index (χ4v) is 1.67. The van der Waals surface area contributed by atoms with Gasteiger partial charge in [0.1, 0.15) is 0 Å². The lowest BCUT2D eigenvalue weighted by atomic mass is 10.1. The van der Waals surface area contributed by atoms with E-state index < -0.39 is 0 Å². The number of rotatable bonds is 5. The zero-order valence-corrected chi connectivity index (χ0v) is 12.4. The molecule has 0 heterocycles. The standard InChI is InChI=1S/C16H26N2/c1-13-7-9-15(10-8-13)18(6)12-14(2)11-17-16(3,4)5/h7-10,17H,2,11-12H2,1,3-6H3. The molecule has 2 heteroatoms. The number of aryl methyl sites for hydroxylation is 1. The first-order valence-corrected chi connectivity index (χ1v) is 6.47. The molecule has 0 radical (unpaired) electrons. The molecule has 100 valence electrons. The number of hydrogen-bond donors (Lipinski definition) is 1. The SMILES string of the molecule is C=C(CNC(C)(C)C)CN(C)c1ccc(C)cc1. The number of anilines is 1. The van der Waals surface area contributed by atoms with Gasteiger partial charge in [0.15, 0.2) is 0 Å². The summed E-state index contributed by atoms with van der Waals surface area (Å²) in [7, 11) is 2.10. The zero-order chi connectivity index (χ0) is 13.8. The lowest BCUT2D eigenvalue weighted by Crippen LogP contribution is -2.38. The van der Waals surface area contributed by atoms with E-state index in [9.17, 15) is 0 Å². The Morgan fingerprint density at radius 3 is 2.28 bits per heavy atom. The number of hydrogen-bond acceptors (Lipinski definition) is 2. The van der Waals surface area contributed by atoms with E-state index in [0.29, 0.717) is 0 Å². The van der Waals surface area contributed by atoms with Gasteiger partial charge in [-0.15, -0.1) is 0 Å². The smallest absolute Gasteiger partial charge is 0.0395 e. The molecule has 0 unspecified atom stereocenters. The second-order valence-electron chi connectivity index (χ2n) is 6.05. The molecule has 1 rings (SSSR count). The predicted octanol–water partition coefficient (Wildman–Crippen LogP) is 3.38. The highest BCUT2D eigenvalue weighted by molar-refractivity contribution is 5.47. The number of nitrogens with one attached hydrogen (secondary N) is 1. The molecular formula is C16H26N2. The lowest BCUT2D eigenvalue weighted by molar-refractivity contribution is 0.443. The molecule has 0 aliphatic rings. The van der Waals surface area contributed by atoms with Crippen molar-refractivity contribution in [2.75, 3.05) is 25.0 Å². The number of benzene rings is 1. The molecule has 1 N–H and O–H groups in total. The van der Waals surface area contributed by atoms with Crippen molar-refractivity contribution in [3.05, 3.63) is 42.0 Å². The van der Waals surface area contributed by atoms with Crippen LogP contribution in [0, 0.1) is 6.92 Å². The molecule has 1 aromatic carbocycles. The maximum atomic E-state index is 4.14. The molecule has 0 bridgehead atoms. The molecule has 0 saturated carbocycles. The summed E-state index contributed by atoms with van der Waals surface area (Å²) in [5.41, 5.74) is 3.87. The third kappa shape index (κ3) is 5.37. The minimum atomic E-state index is 0.144. The van der Waals surface area contributed by atoms with Crippen molar-refractivity contribution in [2.45, 2.75) is 33.2 Å². The monoisotopic (exact) mass is 246 g/mol. The summed E-state index contributed by atoms with van der Waals surface area (Å²) in [5, 5.41) is 3.46.